The maximum absolute atomic E-state index is 10.3. The molecule has 4 heteroatoms. The van der Waals surface area contributed by atoms with E-state index in [1.54, 1.807) is 0 Å². The van der Waals surface area contributed by atoms with Gasteiger partial charge in [0.1, 0.15) is 5.44 Å². The molecule has 1 N–H and O–H groups in total. The highest BCUT2D eigenvalue weighted by atomic mass is 32.1. The third kappa shape index (κ3) is 3.12. The second kappa shape index (κ2) is 3.97. The molecular weight excluding hydrogens is 164 g/mol. The van der Waals surface area contributed by atoms with Gasteiger partial charge in [0.25, 0.3) is 0 Å². The molecule has 2 unspecified atom stereocenters. The van der Waals surface area contributed by atoms with E-state index in [0.717, 1.165) is 12.8 Å². The molecule has 1 heterocycles. The van der Waals surface area contributed by atoms with Crippen molar-refractivity contribution in [3.8, 4) is 0 Å². The monoisotopic (exact) mass is 176 g/mol. The van der Waals surface area contributed by atoms with Crippen molar-refractivity contribution in [1.82, 2.24) is 0 Å². The molecule has 1 fully saturated rings. The first kappa shape index (κ1) is 8.87. The van der Waals surface area contributed by atoms with E-state index < -0.39 is 5.97 Å². The summed E-state index contributed by atoms with van der Waals surface area (Å²) in [6.45, 7) is 0.645. The smallest absolute Gasteiger partial charge is 0.303 e. The average molecular weight is 176 g/mol. The highest BCUT2D eigenvalue weighted by Crippen LogP contribution is 2.24. The Hall–Kier alpha value is -0.220. The van der Waals surface area contributed by atoms with Gasteiger partial charge in [-0.2, -0.15) is 0 Å². The Labute approximate surface area is 71.1 Å². The van der Waals surface area contributed by atoms with Crippen molar-refractivity contribution in [3.63, 3.8) is 0 Å². The molecule has 0 aliphatic carbocycles. The van der Waals surface area contributed by atoms with E-state index >= 15 is 0 Å². The van der Waals surface area contributed by atoms with Crippen LogP contribution in [-0.2, 0) is 9.53 Å². The molecule has 64 valence electrons. The summed E-state index contributed by atoms with van der Waals surface area (Å²) < 4.78 is 5.16. The van der Waals surface area contributed by atoms with Gasteiger partial charge in [0.2, 0.25) is 0 Å². The van der Waals surface area contributed by atoms with Crippen LogP contribution >= 0.6 is 12.6 Å². The first-order valence-electron chi connectivity index (χ1n) is 3.70. The maximum atomic E-state index is 10.3. The fraction of sp³-hybridized carbons (Fsp3) is 0.857. The van der Waals surface area contributed by atoms with Gasteiger partial charge in [0.05, 0.1) is 0 Å². The molecule has 0 saturated carbocycles. The summed E-state index contributed by atoms with van der Waals surface area (Å²) in [5, 5.41) is 8.49. The summed E-state index contributed by atoms with van der Waals surface area (Å²) in [4.78, 5) is 10.3. The summed E-state index contributed by atoms with van der Waals surface area (Å²) in [6.07, 6.45) is 1.86. The molecule has 0 radical (unpaired) electrons. The van der Waals surface area contributed by atoms with Gasteiger partial charge in [-0.05, 0) is 18.8 Å². The Morgan fingerprint density at radius 2 is 2.45 bits per heavy atom. The quantitative estimate of drug-likeness (QED) is 0.620. The second-order valence-electron chi connectivity index (χ2n) is 2.81. The van der Waals surface area contributed by atoms with Gasteiger partial charge in [0.15, 0.2) is 0 Å². The van der Waals surface area contributed by atoms with Crippen LogP contribution in [0.2, 0.25) is 0 Å². The van der Waals surface area contributed by atoms with Crippen LogP contribution in [0.5, 0.6) is 0 Å². The molecule has 0 amide bonds. The molecular formula is C7H12O3S. The van der Waals surface area contributed by atoms with Gasteiger partial charge >= 0.3 is 5.97 Å². The Morgan fingerprint density at radius 1 is 1.73 bits per heavy atom. The minimum Gasteiger partial charge on any atom is -0.481 e. The minimum absolute atomic E-state index is 0.0619. The van der Waals surface area contributed by atoms with Crippen molar-refractivity contribution >= 4 is 18.6 Å². The summed E-state index contributed by atoms with van der Waals surface area (Å²) in [6, 6.07) is 0. The summed E-state index contributed by atoms with van der Waals surface area (Å²) >= 11 is 4.13. The Balaban J connectivity index is 2.28. The van der Waals surface area contributed by atoms with Crippen LogP contribution in [0, 0.1) is 5.92 Å². The number of hydrogen-bond donors (Lipinski definition) is 2. The summed E-state index contributed by atoms with van der Waals surface area (Å²) in [5.74, 6) is -0.471. The molecule has 1 saturated heterocycles. The van der Waals surface area contributed by atoms with Crippen LogP contribution in [0.1, 0.15) is 19.3 Å². The summed E-state index contributed by atoms with van der Waals surface area (Å²) in [5.41, 5.74) is -0.0619. The van der Waals surface area contributed by atoms with Gasteiger partial charge < -0.3 is 9.84 Å². The molecule has 0 aromatic heterocycles. The van der Waals surface area contributed by atoms with Crippen LogP contribution in [-0.4, -0.2) is 23.1 Å². The van der Waals surface area contributed by atoms with Crippen LogP contribution in [0.3, 0.4) is 0 Å². The largest absolute Gasteiger partial charge is 0.481 e. The van der Waals surface area contributed by atoms with Crippen molar-refractivity contribution in [1.29, 1.82) is 0 Å². The zero-order valence-electron chi connectivity index (χ0n) is 6.19. The van der Waals surface area contributed by atoms with Crippen LogP contribution in [0.4, 0.5) is 0 Å². The lowest BCUT2D eigenvalue weighted by Crippen LogP contribution is -2.23. The molecule has 1 rings (SSSR count). The van der Waals surface area contributed by atoms with E-state index in [9.17, 15) is 4.79 Å². The van der Waals surface area contributed by atoms with Crippen molar-refractivity contribution < 1.29 is 14.6 Å². The first-order chi connectivity index (χ1) is 5.18. The van der Waals surface area contributed by atoms with E-state index in [1.165, 1.54) is 0 Å². The van der Waals surface area contributed by atoms with Gasteiger partial charge in [0, 0.05) is 13.0 Å². The molecule has 2 atom stereocenters. The van der Waals surface area contributed by atoms with E-state index in [1.807, 2.05) is 0 Å². The van der Waals surface area contributed by atoms with E-state index in [-0.39, 0.29) is 17.8 Å². The molecule has 3 nitrogen and oxygen atoms in total. The zero-order chi connectivity index (χ0) is 8.27. The Morgan fingerprint density at radius 3 is 3.00 bits per heavy atom. The fourth-order valence-corrected chi connectivity index (χ4v) is 1.68. The molecule has 1 aliphatic rings. The number of aliphatic carboxylic acids is 1. The van der Waals surface area contributed by atoms with Gasteiger partial charge in [-0.3, -0.25) is 4.79 Å². The van der Waals surface area contributed by atoms with E-state index in [0.29, 0.717) is 6.61 Å². The van der Waals surface area contributed by atoms with E-state index in [4.69, 9.17) is 9.84 Å². The average Bonchev–Trinajstić information content (AvgIpc) is 1.85. The number of thiol groups is 1. The SMILES string of the molecule is O=C(O)CC1CCOC(S)C1. The Bertz CT molecular complexity index is 149. The van der Waals surface area contributed by atoms with Crippen molar-refractivity contribution in [2.45, 2.75) is 24.7 Å². The standard InChI is InChI=1S/C7H12O3S/c8-6(9)3-5-1-2-10-7(11)4-5/h5,7,11H,1-4H2,(H,8,9). The number of hydrogen-bond acceptors (Lipinski definition) is 3. The van der Waals surface area contributed by atoms with Crippen LogP contribution < -0.4 is 0 Å². The minimum atomic E-state index is -0.725. The number of carboxylic acids is 1. The number of rotatable bonds is 2. The third-order valence-electron chi connectivity index (χ3n) is 1.83. The molecule has 11 heavy (non-hydrogen) atoms. The van der Waals surface area contributed by atoms with E-state index in [2.05, 4.69) is 12.6 Å². The molecule has 0 spiro atoms. The molecule has 0 bridgehead atoms. The van der Waals surface area contributed by atoms with Gasteiger partial charge in [-0.25, -0.2) is 0 Å². The fourth-order valence-electron chi connectivity index (χ4n) is 1.27. The number of carbonyl (C=O) groups is 1. The normalized spacial score (nSPS) is 31.7. The van der Waals surface area contributed by atoms with Crippen molar-refractivity contribution in [3.05, 3.63) is 0 Å². The lowest BCUT2D eigenvalue weighted by molar-refractivity contribution is -0.138. The highest BCUT2D eigenvalue weighted by molar-refractivity contribution is 7.80. The second-order valence-corrected chi connectivity index (χ2v) is 3.39. The van der Waals surface area contributed by atoms with Crippen molar-refractivity contribution in [2.75, 3.05) is 6.61 Å². The number of ether oxygens (including phenoxy) is 1. The maximum Gasteiger partial charge on any atom is 0.303 e. The third-order valence-corrected chi connectivity index (χ3v) is 2.19. The predicted molar refractivity (Wildman–Crippen MR) is 43.7 cm³/mol. The van der Waals surface area contributed by atoms with Crippen LogP contribution in [0.15, 0.2) is 0 Å². The molecule has 0 aromatic rings. The van der Waals surface area contributed by atoms with Crippen molar-refractivity contribution in [2.24, 2.45) is 5.92 Å². The zero-order valence-corrected chi connectivity index (χ0v) is 7.09. The topological polar surface area (TPSA) is 46.5 Å². The predicted octanol–water partition coefficient (Wildman–Crippen LogP) is 1.14. The van der Waals surface area contributed by atoms with Gasteiger partial charge in [-0.15, -0.1) is 12.6 Å². The Kier molecular flexibility index (Phi) is 3.20. The van der Waals surface area contributed by atoms with Gasteiger partial charge in [-0.1, -0.05) is 0 Å². The molecule has 1 aliphatic heterocycles. The van der Waals surface area contributed by atoms with Crippen LogP contribution in [0.25, 0.3) is 0 Å². The molecule has 0 aromatic carbocycles. The lowest BCUT2D eigenvalue weighted by Gasteiger charge is -2.25. The first-order valence-corrected chi connectivity index (χ1v) is 4.21. The lowest BCUT2D eigenvalue weighted by atomic mass is 9.97. The summed E-state index contributed by atoms with van der Waals surface area (Å²) in [7, 11) is 0. The highest BCUT2D eigenvalue weighted by Gasteiger charge is 2.21. The number of carboxylic acid groups (broad SMARTS) is 1.